The Morgan fingerprint density at radius 1 is 1.17 bits per heavy atom. The zero-order valence-electron chi connectivity index (χ0n) is 14.8. The molecule has 0 aromatic heterocycles. The lowest BCUT2D eigenvalue weighted by atomic mass is 9.84. The Bertz CT molecular complexity index is 504. The maximum absolute atomic E-state index is 11.5. The number of carbonyl (C=O) groups is 1. The number of ether oxygens (including phenoxy) is 3. The minimum atomic E-state index is -0.608. The van der Waals surface area contributed by atoms with E-state index in [0.29, 0.717) is 19.6 Å². The highest BCUT2D eigenvalue weighted by atomic mass is 16.5. The van der Waals surface area contributed by atoms with Gasteiger partial charge in [-0.2, -0.15) is 0 Å². The van der Waals surface area contributed by atoms with Crippen LogP contribution in [0.5, 0.6) is 11.5 Å². The number of esters is 1. The molecule has 23 heavy (non-hydrogen) atoms. The van der Waals surface area contributed by atoms with Gasteiger partial charge in [-0.05, 0) is 38.2 Å². The van der Waals surface area contributed by atoms with Gasteiger partial charge in [-0.15, -0.1) is 0 Å². The van der Waals surface area contributed by atoms with Crippen molar-refractivity contribution < 1.29 is 19.0 Å². The summed E-state index contributed by atoms with van der Waals surface area (Å²) < 4.78 is 16.2. The number of carbonyl (C=O) groups excluding carboxylic acids is 1. The van der Waals surface area contributed by atoms with Crippen molar-refractivity contribution in [2.75, 3.05) is 20.3 Å². The van der Waals surface area contributed by atoms with Crippen molar-refractivity contribution in [1.29, 1.82) is 0 Å². The van der Waals surface area contributed by atoms with E-state index in [1.165, 1.54) is 7.11 Å². The van der Waals surface area contributed by atoms with Crippen LogP contribution in [0.2, 0.25) is 0 Å². The highest BCUT2D eigenvalue weighted by molar-refractivity contribution is 5.75. The van der Waals surface area contributed by atoms with Crippen LogP contribution < -0.4 is 15.2 Å². The molecule has 0 amide bonds. The van der Waals surface area contributed by atoms with Gasteiger partial charge in [0.1, 0.15) is 6.04 Å². The summed E-state index contributed by atoms with van der Waals surface area (Å²) in [6.45, 7) is 9.25. The van der Waals surface area contributed by atoms with Gasteiger partial charge >= 0.3 is 5.97 Å². The van der Waals surface area contributed by atoms with Crippen molar-refractivity contribution in [3.05, 3.63) is 23.8 Å². The lowest BCUT2D eigenvalue weighted by molar-refractivity contribution is -0.142. The Morgan fingerprint density at radius 3 is 2.39 bits per heavy atom. The van der Waals surface area contributed by atoms with Gasteiger partial charge in [-0.1, -0.05) is 26.0 Å². The zero-order chi connectivity index (χ0) is 17.4. The molecule has 0 bridgehead atoms. The first-order chi connectivity index (χ1) is 11.0. The number of benzene rings is 1. The normalized spacial score (nSPS) is 14.7. The van der Waals surface area contributed by atoms with Crippen molar-refractivity contribution in [3.63, 3.8) is 0 Å². The van der Waals surface area contributed by atoms with Gasteiger partial charge in [-0.25, -0.2) is 0 Å². The molecule has 5 heteroatoms. The molecule has 0 aliphatic rings. The van der Waals surface area contributed by atoms with E-state index in [0.717, 1.165) is 17.1 Å². The Balaban J connectivity index is 2.99. The Kier molecular flexibility index (Phi) is 7.89. The smallest absolute Gasteiger partial charge is 0.322 e. The summed E-state index contributed by atoms with van der Waals surface area (Å²) >= 11 is 0. The third-order valence-electron chi connectivity index (χ3n) is 4.07. The second-order valence-corrected chi connectivity index (χ2v) is 5.67. The lowest BCUT2D eigenvalue weighted by Gasteiger charge is -2.25. The first kappa shape index (κ1) is 19.3. The molecule has 1 rings (SSSR count). The van der Waals surface area contributed by atoms with Crippen LogP contribution in [0.4, 0.5) is 0 Å². The average molecular weight is 323 g/mol. The molecule has 0 heterocycles. The summed E-state index contributed by atoms with van der Waals surface area (Å²) in [5, 5.41) is 0. The summed E-state index contributed by atoms with van der Waals surface area (Å²) in [5.41, 5.74) is 6.96. The molecule has 0 aliphatic carbocycles. The molecule has 0 aliphatic heterocycles. The van der Waals surface area contributed by atoms with Gasteiger partial charge < -0.3 is 19.9 Å². The minimum Gasteiger partial charge on any atom is -0.490 e. The molecule has 3 unspecified atom stereocenters. The maximum atomic E-state index is 11.5. The van der Waals surface area contributed by atoms with E-state index in [1.54, 1.807) is 0 Å². The summed E-state index contributed by atoms with van der Waals surface area (Å²) in [6.07, 6.45) is 0.554. The van der Waals surface area contributed by atoms with Gasteiger partial charge in [0.15, 0.2) is 11.5 Å². The van der Waals surface area contributed by atoms with Gasteiger partial charge in [0, 0.05) is 5.56 Å². The van der Waals surface area contributed by atoms with E-state index >= 15 is 0 Å². The topological polar surface area (TPSA) is 70.8 Å². The molecule has 0 saturated heterocycles. The van der Waals surface area contributed by atoms with Crippen molar-refractivity contribution >= 4 is 5.97 Å². The minimum absolute atomic E-state index is 0.174. The van der Waals surface area contributed by atoms with E-state index in [-0.39, 0.29) is 17.8 Å². The molecule has 5 nitrogen and oxygen atoms in total. The summed E-state index contributed by atoms with van der Waals surface area (Å²) in [6, 6.07) is 5.31. The zero-order valence-corrected chi connectivity index (χ0v) is 14.8. The number of methoxy groups -OCH3 is 1. The Hall–Kier alpha value is -1.75. The SMILES string of the molecule is CCOc1cccc(C(C)C(C)CC(N)C(=O)OC)c1OCC. The molecule has 3 atom stereocenters. The predicted molar refractivity (Wildman–Crippen MR) is 91.0 cm³/mol. The van der Waals surface area contributed by atoms with E-state index in [9.17, 15) is 4.79 Å². The predicted octanol–water partition coefficient (Wildman–Crippen LogP) is 3.11. The molecule has 0 spiro atoms. The summed E-state index contributed by atoms with van der Waals surface area (Å²) in [7, 11) is 1.36. The van der Waals surface area contributed by atoms with Crippen LogP contribution in [0, 0.1) is 5.92 Å². The van der Waals surface area contributed by atoms with Crippen LogP contribution in [-0.2, 0) is 9.53 Å². The molecular weight excluding hydrogens is 294 g/mol. The first-order valence-corrected chi connectivity index (χ1v) is 8.18. The van der Waals surface area contributed by atoms with Crippen LogP contribution in [0.1, 0.15) is 45.6 Å². The third kappa shape index (κ3) is 5.13. The van der Waals surface area contributed by atoms with Crippen molar-refractivity contribution in [2.45, 2.75) is 46.1 Å². The highest BCUT2D eigenvalue weighted by Crippen LogP contribution is 2.39. The van der Waals surface area contributed by atoms with Crippen LogP contribution >= 0.6 is 0 Å². The highest BCUT2D eigenvalue weighted by Gasteiger charge is 2.25. The van der Waals surface area contributed by atoms with Gasteiger partial charge in [-0.3, -0.25) is 4.79 Å². The van der Waals surface area contributed by atoms with Gasteiger partial charge in [0.2, 0.25) is 0 Å². The second kappa shape index (κ2) is 9.40. The average Bonchev–Trinajstić information content (AvgIpc) is 2.55. The molecular formula is C18H29NO4. The molecule has 2 N–H and O–H groups in total. The number of para-hydroxylation sites is 1. The molecule has 0 fully saturated rings. The monoisotopic (exact) mass is 323 g/mol. The van der Waals surface area contributed by atoms with E-state index in [4.69, 9.17) is 19.9 Å². The van der Waals surface area contributed by atoms with E-state index in [2.05, 4.69) is 13.8 Å². The van der Waals surface area contributed by atoms with E-state index < -0.39 is 6.04 Å². The van der Waals surface area contributed by atoms with Gasteiger partial charge in [0.25, 0.3) is 0 Å². The number of hydrogen-bond donors (Lipinski definition) is 1. The largest absolute Gasteiger partial charge is 0.490 e. The van der Waals surface area contributed by atoms with Gasteiger partial charge in [0.05, 0.1) is 20.3 Å². The molecule has 1 aromatic carbocycles. The summed E-state index contributed by atoms with van der Waals surface area (Å²) in [5.74, 6) is 1.52. The third-order valence-corrected chi connectivity index (χ3v) is 4.07. The fourth-order valence-electron chi connectivity index (χ4n) is 2.62. The van der Waals surface area contributed by atoms with Crippen molar-refractivity contribution in [2.24, 2.45) is 11.7 Å². The lowest BCUT2D eigenvalue weighted by Crippen LogP contribution is -2.34. The number of hydrogen-bond acceptors (Lipinski definition) is 5. The molecule has 0 saturated carbocycles. The maximum Gasteiger partial charge on any atom is 0.322 e. The molecule has 130 valence electrons. The Morgan fingerprint density at radius 2 is 1.83 bits per heavy atom. The standard InChI is InChI=1S/C18H29NO4/c1-6-22-16-10-8-9-14(17(16)23-7-2)13(4)12(3)11-15(19)18(20)21-5/h8-10,12-13,15H,6-7,11,19H2,1-5H3. The van der Waals surface area contributed by atoms with Crippen LogP contribution in [-0.4, -0.2) is 32.3 Å². The Labute approximate surface area is 139 Å². The fraction of sp³-hybridized carbons (Fsp3) is 0.611. The molecule has 1 aromatic rings. The van der Waals surface area contributed by atoms with Crippen LogP contribution in [0.3, 0.4) is 0 Å². The summed E-state index contributed by atoms with van der Waals surface area (Å²) in [4.78, 5) is 11.5. The van der Waals surface area contributed by atoms with Crippen LogP contribution in [0.25, 0.3) is 0 Å². The van der Waals surface area contributed by atoms with Crippen molar-refractivity contribution in [1.82, 2.24) is 0 Å². The number of rotatable bonds is 9. The first-order valence-electron chi connectivity index (χ1n) is 8.18. The van der Waals surface area contributed by atoms with Crippen LogP contribution in [0.15, 0.2) is 18.2 Å². The quantitative estimate of drug-likeness (QED) is 0.707. The van der Waals surface area contributed by atoms with Crippen molar-refractivity contribution in [3.8, 4) is 11.5 Å². The molecule has 0 radical (unpaired) electrons. The fourth-order valence-corrected chi connectivity index (χ4v) is 2.62. The number of nitrogens with two attached hydrogens (primary N) is 1. The second-order valence-electron chi connectivity index (χ2n) is 5.67. The van der Waals surface area contributed by atoms with E-state index in [1.807, 2.05) is 32.0 Å².